The topological polar surface area (TPSA) is 33.2 Å². The second-order valence-electron chi connectivity index (χ2n) is 6.37. The third-order valence-electron chi connectivity index (χ3n) is 4.73. The van der Waals surface area contributed by atoms with E-state index in [9.17, 15) is 9.18 Å². The van der Waals surface area contributed by atoms with Crippen LogP contribution in [0.15, 0.2) is 35.8 Å². The number of hydrogen-bond acceptors (Lipinski definition) is 3. The first-order chi connectivity index (χ1) is 11.1. The van der Waals surface area contributed by atoms with Gasteiger partial charge >= 0.3 is 0 Å². The molecule has 0 aliphatic carbocycles. The van der Waals surface area contributed by atoms with Gasteiger partial charge in [0.2, 0.25) is 5.91 Å². The van der Waals surface area contributed by atoms with Gasteiger partial charge in [0.15, 0.2) is 0 Å². The molecular formula is C18H21FN2OS. The van der Waals surface area contributed by atoms with Crippen LogP contribution < -0.4 is 0 Å². The number of piperidine rings is 1. The molecule has 3 rings (SSSR count). The zero-order chi connectivity index (χ0) is 16.3. The van der Waals surface area contributed by atoms with Crippen molar-refractivity contribution in [3.63, 3.8) is 0 Å². The summed E-state index contributed by atoms with van der Waals surface area (Å²) in [5.41, 5.74) is 0.696. The van der Waals surface area contributed by atoms with Gasteiger partial charge in [0.05, 0.1) is 5.01 Å². The van der Waals surface area contributed by atoms with Crippen molar-refractivity contribution in [3.05, 3.63) is 52.2 Å². The van der Waals surface area contributed by atoms with E-state index in [1.165, 1.54) is 6.07 Å². The third kappa shape index (κ3) is 3.61. The Bertz CT molecular complexity index is 663. The average molecular weight is 332 g/mol. The van der Waals surface area contributed by atoms with E-state index in [1.54, 1.807) is 23.5 Å². The Balaban J connectivity index is 1.53. The number of carbonyl (C=O) groups is 1. The van der Waals surface area contributed by atoms with Gasteiger partial charge in [0.25, 0.3) is 0 Å². The highest BCUT2D eigenvalue weighted by Gasteiger charge is 2.35. The minimum atomic E-state index is -0.227. The van der Waals surface area contributed by atoms with Crippen molar-refractivity contribution >= 4 is 17.2 Å². The summed E-state index contributed by atoms with van der Waals surface area (Å²) in [4.78, 5) is 18.7. The maximum Gasteiger partial charge on any atom is 0.222 e. The molecule has 1 aromatic carbocycles. The molecule has 122 valence electrons. The Labute approximate surface area is 140 Å². The molecule has 1 saturated heterocycles. The van der Waals surface area contributed by atoms with E-state index in [2.05, 4.69) is 11.9 Å². The van der Waals surface area contributed by atoms with Crippen molar-refractivity contribution in [3.8, 4) is 0 Å². The molecule has 2 heterocycles. The Morgan fingerprint density at radius 3 is 2.74 bits per heavy atom. The average Bonchev–Trinajstić information content (AvgIpc) is 3.10. The van der Waals surface area contributed by atoms with Gasteiger partial charge in [-0.05, 0) is 30.9 Å². The Hall–Kier alpha value is -1.75. The van der Waals surface area contributed by atoms with Crippen LogP contribution in [-0.4, -0.2) is 28.9 Å². The Morgan fingerprint density at radius 1 is 1.35 bits per heavy atom. The van der Waals surface area contributed by atoms with Crippen molar-refractivity contribution in [2.45, 2.75) is 38.0 Å². The van der Waals surface area contributed by atoms with E-state index >= 15 is 0 Å². The van der Waals surface area contributed by atoms with Crippen LogP contribution in [0.2, 0.25) is 0 Å². The second kappa shape index (κ2) is 6.79. The summed E-state index contributed by atoms with van der Waals surface area (Å²) in [6.07, 6.45) is 4.55. The molecular weight excluding hydrogens is 311 g/mol. The van der Waals surface area contributed by atoms with Gasteiger partial charge in [-0.2, -0.15) is 0 Å². The lowest BCUT2D eigenvalue weighted by atomic mass is 9.81. The number of hydrogen-bond donors (Lipinski definition) is 0. The highest BCUT2D eigenvalue weighted by Crippen LogP contribution is 2.36. The van der Waals surface area contributed by atoms with E-state index in [4.69, 9.17) is 0 Å². The van der Waals surface area contributed by atoms with Crippen LogP contribution >= 0.6 is 11.3 Å². The van der Waals surface area contributed by atoms with Crippen molar-refractivity contribution in [1.82, 2.24) is 9.88 Å². The van der Waals surface area contributed by atoms with Gasteiger partial charge in [-0.3, -0.25) is 4.79 Å². The minimum Gasteiger partial charge on any atom is -0.343 e. The zero-order valence-corrected chi connectivity index (χ0v) is 14.1. The number of benzene rings is 1. The van der Waals surface area contributed by atoms with E-state index in [0.29, 0.717) is 18.4 Å². The molecule has 5 heteroatoms. The fraction of sp³-hybridized carbons (Fsp3) is 0.444. The third-order valence-corrected chi connectivity index (χ3v) is 5.81. The first kappa shape index (κ1) is 16.1. The summed E-state index contributed by atoms with van der Waals surface area (Å²) in [6.45, 7) is 3.74. The number of rotatable bonds is 4. The zero-order valence-electron chi connectivity index (χ0n) is 13.3. The molecule has 1 aromatic heterocycles. The van der Waals surface area contributed by atoms with Crippen molar-refractivity contribution < 1.29 is 9.18 Å². The predicted molar refractivity (Wildman–Crippen MR) is 90.0 cm³/mol. The van der Waals surface area contributed by atoms with E-state index in [-0.39, 0.29) is 17.1 Å². The molecule has 23 heavy (non-hydrogen) atoms. The number of halogens is 1. The van der Waals surface area contributed by atoms with E-state index in [1.807, 2.05) is 22.5 Å². The fourth-order valence-electron chi connectivity index (χ4n) is 3.09. The number of likely N-dealkylation sites (tertiary alicyclic amines) is 1. The molecule has 0 N–H and O–H groups in total. The highest BCUT2D eigenvalue weighted by atomic mass is 32.1. The number of carbonyl (C=O) groups excluding carboxylic acids is 1. The standard InChI is InChI=1S/C18H21FN2OS/c1-18(17-20-10-13-23-17)8-11-21(12-9-18)16(22)7-6-14-4-2-3-5-15(14)19/h2-5,10,13H,6-9,11-12H2,1H3. The van der Waals surface area contributed by atoms with E-state index < -0.39 is 0 Å². The molecule has 1 aliphatic heterocycles. The molecule has 3 nitrogen and oxygen atoms in total. The van der Waals surface area contributed by atoms with Gasteiger partial charge in [-0.25, -0.2) is 9.37 Å². The fourth-order valence-corrected chi connectivity index (χ4v) is 3.95. The largest absolute Gasteiger partial charge is 0.343 e. The lowest BCUT2D eigenvalue weighted by molar-refractivity contribution is -0.132. The Kier molecular flexibility index (Phi) is 4.76. The summed E-state index contributed by atoms with van der Waals surface area (Å²) < 4.78 is 13.6. The summed E-state index contributed by atoms with van der Waals surface area (Å²) in [6, 6.07) is 6.67. The van der Waals surface area contributed by atoms with E-state index in [0.717, 1.165) is 30.9 Å². The van der Waals surface area contributed by atoms with Crippen molar-refractivity contribution in [2.75, 3.05) is 13.1 Å². The highest BCUT2D eigenvalue weighted by molar-refractivity contribution is 7.09. The smallest absolute Gasteiger partial charge is 0.222 e. The van der Waals surface area contributed by atoms with Crippen LogP contribution in [0, 0.1) is 5.82 Å². The van der Waals surface area contributed by atoms with Crippen LogP contribution in [0.1, 0.15) is 36.8 Å². The molecule has 1 amide bonds. The first-order valence-corrected chi connectivity index (χ1v) is 8.88. The maximum atomic E-state index is 13.6. The number of thiazole rings is 1. The summed E-state index contributed by atoms with van der Waals surface area (Å²) in [7, 11) is 0. The number of aromatic nitrogens is 1. The molecule has 0 bridgehead atoms. The molecule has 0 spiro atoms. The lowest BCUT2D eigenvalue weighted by Gasteiger charge is -2.38. The van der Waals surface area contributed by atoms with Gasteiger partial charge in [-0.15, -0.1) is 11.3 Å². The quantitative estimate of drug-likeness (QED) is 0.853. The molecule has 0 unspecified atom stereocenters. The van der Waals surface area contributed by atoms with Crippen LogP contribution in [-0.2, 0) is 16.6 Å². The molecule has 1 fully saturated rings. The summed E-state index contributed by atoms with van der Waals surface area (Å²) in [5, 5.41) is 3.17. The SMILES string of the molecule is CC1(c2nccs2)CCN(C(=O)CCc2ccccc2F)CC1. The number of nitrogens with zero attached hydrogens (tertiary/aromatic N) is 2. The summed E-state index contributed by atoms with van der Waals surface area (Å²) in [5.74, 6) is -0.107. The van der Waals surface area contributed by atoms with Crippen LogP contribution in [0.4, 0.5) is 4.39 Å². The molecule has 0 saturated carbocycles. The summed E-state index contributed by atoms with van der Waals surface area (Å²) >= 11 is 1.69. The molecule has 0 atom stereocenters. The molecule has 0 radical (unpaired) electrons. The number of aryl methyl sites for hydroxylation is 1. The Morgan fingerprint density at radius 2 is 2.09 bits per heavy atom. The minimum absolute atomic E-state index is 0.0798. The second-order valence-corrected chi connectivity index (χ2v) is 7.26. The van der Waals surface area contributed by atoms with Gasteiger partial charge in [0, 0.05) is 36.5 Å². The first-order valence-electron chi connectivity index (χ1n) is 8.00. The normalized spacial score (nSPS) is 17.2. The van der Waals surface area contributed by atoms with Crippen molar-refractivity contribution in [1.29, 1.82) is 0 Å². The maximum absolute atomic E-state index is 13.6. The molecule has 2 aromatic rings. The number of amides is 1. The monoisotopic (exact) mass is 332 g/mol. The van der Waals surface area contributed by atoms with Gasteiger partial charge in [-0.1, -0.05) is 25.1 Å². The van der Waals surface area contributed by atoms with Crippen LogP contribution in [0.5, 0.6) is 0 Å². The predicted octanol–water partition coefficient (Wildman–Crippen LogP) is 3.80. The lowest BCUT2D eigenvalue weighted by Crippen LogP contribution is -2.44. The van der Waals surface area contributed by atoms with Crippen molar-refractivity contribution in [2.24, 2.45) is 0 Å². The molecule has 1 aliphatic rings. The van der Waals surface area contributed by atoms with Gasteiger partial charge < -0.3 is 4.90 Å². The van der Waals surface area contributed by atoms with Gasteiger partial charge in [0.1, 0.15) is 5.82 Å². The van der Waals surface area contributed by atoms with Crippen LogP contribution in [0.3, 0.4) is 0 Å². The van der Waals surface area contributed by atoms with Crippen LogP contribution in [0.25, 0.3) is 0 Å².